The van der Waals surface area contributed by atoms with Crippen LogP contribution in [0.2, 0.25) is 0 Å². The van der Waals surface area contributed by atoms with Crippen molar-refractivity contribution in [3.63, 3.8) is 0 Å². The standard InChI is InChI=1S/C10H14N2.2CHNS.2ClH.Sn/c1-3-9(7-11-5-1)10-4-2-6-12-8-10;2*2-1-3;;;/h1,3,7,10H,2,4-6,8H2;2*3H;2*1H;/q-2;;;;;+2/p-4. The van der Waals surface area contributed by atoms with Gasteiger partial charge in [0.25, 0.3) is 0 Å². The first-order valence-electron chi connectivity index (χ1n) is 5.86. The van der Waals surface area contributed by atoms with E-state index in [9.17, 15) is 0 Å². The van der Waals surface area contributed by atoms with E-state index in [-0.39, 0.29) is 0 Å². The Kier molecular flexibility index (Phi) is 22.2. The van der Waals surface area contributed by atoms with Crippen molar-refractivity contribution in [2.45, 2.75) is 12.8 Å². The number of piperidine rings is 1. The summed E-state index contributed by atoms with van der Waals surface area (Å²) in [5.41, 5.74) is 1.38. The minimum absolute atomic E-state index is 0.652. The first-order chi connectivity index (χ1) is 10.2. The number of rotatable bonds is 1. The average Bonchev–Trinajstić information content (AvgIpc) is 2.51. The van der Waals surface area contributed by atoms with Gasteiger partial charge in [-0.2, -0.15) is 6.20 Å². The molecule has 1 saturated heterocycles. The van der Waals surface area contributed by atoms with Crippen LogP contribution in [0.4, 0.5) is 0 Å². The third-order valence-corrected chi connectivity index (χ3v) is 2.45. The van der Waals surface area contributed by atoms with Crippen molar-refractivity contribution < 1.29 is 0 Å². The predicted octanol–water partition coefficient (Wildman–Crippen LogP) is 3.62. The number of halogens is 2. The van der Waals surface area contributed by atoms with Gasteiger partial charge in [-0.25, -0.2) is 10.5 Å². The van der Waals surface area contributed by atoms with Gasteiger partial charge in [0.05, 0.1) is 0 Å². The Morgan fingerprint density at radius 1 is 1.29 bits per heavy atom. The first-order valence-corrected chi connectivity index (χ1v) is 13.9. The molecular weight excluding hydrogens is 454 g/mol. The van der Waals surface area contributed by atoms with Crippen molar-refractivity contribution in [3.05, 3.63) is 34.6 Å². The van der Waals surface area contributed by atoms with Crippen LogP contribution in [-0.2, 0) is 25.3 Å². The van der Waals surface area contributed by atoms with Crippen LogP contribution in [0.25, 0.3) is 10.6 Å². The molecule has 0 saturated carbocycles. The van der Waals surface area contributed by atoms with Crippen molar-refractivity contribution in [3.8, 4) is 10.8 Å². The van der Waals surface area contributed by atoms with Crippen molar-refractivity contribution in [1.29, 1.82) is 10.5 Å². The van der Waals surface area contributed by atoms with E-state index in [0.29, 0.717) is 5.92 Å². The summed E-state index contributed by atoms with van der Waals surface area (Å²) in [6.45, 7) is 2.92. The van der Waals surface area contributed by atoms with Gasteiger partial charge in [0.1, 0.15) is 0 Å². The summed E-state index contributed by atoms with van der Waals surface area (Å²) in [6, 6.07) is 0. The molecule has 2 aliphatic heterocycles. The van der Waals surface area contributed by atoms with E-state index in [1.165, 1.54) is 29.2 Å². The fourth-order valence-corrected chi connectivity index (χ4v) is 1.75. The molecule has 2 heterocycles. The van der Waals surface area contributed by atoms with Crippen LogP contribution in [0, 0.1) is 27.2 Å². The van der Waals surface area contributed by atoms with Crippen LogP contribution >= 0.6 is 17.8 Å². The SMILES string of the molecule is C1=CC(C2CCC[N-]C2)=C[N-]C1.N#C[S-].N#C[S-].[Cl][Sn][Cl]. The molecule has 1 unspecified atom stereocenters. The Balaban J connectivity index is 0. The number of hydrogen-bond acceptors (Lipinski definition) is 4. The average molecular weight is 468 g/mol. The number of hydrogen-bond donors (Lipinski definition) is 0. The number of allylic oxidation sites excluding steroid dienone is 1. The molecule has 2 rings (SSSR count). The monoisotopic (exact) mass is 468 g/mol. The molecule has 21 heavy (non-hydrogen) atoms. The zero-order chi connectivity index (χ0) is 16.3. The van der Waals surface area contributed by atoms with Gasteiger partial charge in [-0.3, -0.25) is 0 Å². The maximum absolute atomic E-state index is 7.13. The second-order valence-corrected chi connectivity index (χ2v) is 8.23. The van der Waals surface area contributed by atoms with Crippen LogP contribution in [0.15, 0.2) is 23.9 Å². The Labute approximate surface area is 155 Å². The van der Waals surface area contributed by atoms with Crippen LogP contribution in [0.5, 0.6) is 0 Å². The molecule has 116 valence electrons. The minimum atomic E-state index is -0.826. The van der Waals surface area contributed by atoms with E-state index < -0.39 is 18.9 Å². The predicted molar refractivity (Wildman–Crippen MR) is 94.7 cm³/mol. The Morgan fingerprint density at radius 2 is 1.86 bits per heavy atom. The van der Waals surface area contributed by atoms with Gasteiger partial charge in [0.15, 0.2) is 0 Å². The van der Waals surface area contributed by atoms with Crippen LogP contribution in [0.1, 0.15) is 12.8 Å². The quantitative estimate of drug-likeness (QED) is 0.335. The van der Waals surface area contributed by atoms with Crippen molar-refractivity contribution >= 4 is 62.0 Å². The normalized spacial score (nSPS) is 18.3. The van der Waals surface area contributed by atoms with E-state index >= 15 is 0 Å². The number of nitriles is 2. The van der Waals surface area contributed by atoms with Crippen molar-refractivity contribution in [2.75, 3.05) is 19.6 Å². The third-order valence-electron chi connectivity index (χ3n) is 2.45. The van der Waals surface area contributed by atoms with E-state index in [4.69, 9.17) is 28.4 Å². The first kappa shape index (κ1) is 23.3. The molecule has 1 fully saturated rings. The van der Waals surface area contributed by atoms with E-state index in [1.807, 2.05) is 6.20 Å². The van der Waals surface area contributed by atoms with Gasteiger partial charge >= 0.3 is 36.7 Å². The fraction of sp³-hybridized carbons (Fsp3) is 0.500. The van der Waals surface area contributed by atoms with Gasteiger partial charge in [0, 0.05) is 0 Å². The van der Waals surface area contributed by atoms with Crippen LogP contribution in [-0.4, -0.2) is 38.5 Å². The summed E-state index contributed by atoms with van der Waals surface area (Å²) in [5.74, 6) is 0.652. The number of nitrogens with zero attached hydrogens (tertiary/aromatic N) is 4. The molecule has 1 atom stereocenters. The Hall–Kier alpha value is 0.0387. The van der Waals surface area contributed by atoms with Gasteiger partial charge in [0.2, 0.25) is 0 Å². The molecule has 0 aromatic rings. The second-order valence-electron chi connectivity index (χ2n) is 3.62. The number of thiocyanates is 2. The zero-order valence-electron chi connectivity index (χ0n) is 11.2. The molecule has 0 aromatic heterocycles. The van der Waals surface area contributed by atoms with Crippen molar-refractivity contribution in [2.24, 2.45) is 5.92 Å². The molecule has 4 nitrogen and oxygen atoms in total. The summed E-state index contributed by atoms with van der Waals surface area (Å²) >= 11 is 6.57. The molecule has 0 amide bonds. The Bertz CT molecular complexity index is 362. The van der Waals surface area contributed by atoms with Gasteiger partial charge in [-0.1, -0.05) is 28.9 Å². The molecule has 0 aromatic carbocycles. The molecule has 0 N–H and O–H groups in total. The van der Waals surface area contributed by atoms with Gasteiger partial charge in [-0.15, -0.1) is 25.7 Å². The Morgan fingerprint density at radius 3 is 2.24 bits per heavy atom. The summed E-state index contributed by atoms with van der Waals surface area (Å²) in [4.78, 5) is 0. The van der Waals surface area contributed by atoms with E-state index in [2.05, 4.69) is 48.0 Å². The molecule has 2 aliphatic rings. The summed E-state index contributed by atoms with van der Waals surface area (Å²) < 4.78 is 0. The maximum atomic E-state index is 7.13. The van der Waals surface area contributed by atoms with E-state index in [1.54, 1.807) is 0 Å². The van der Waals surface area contributed by atoms with E-state index in [0.717, 1.165) is 19.6 Å². The molecule has 2 radical (unpaired) electrons. The summed E-state index contributed by atoms with van der Waals surface area (Å²) in [7, 11) is 9.87. The van der Waals surface area contributed by atoms with Crippen LogP contribution in [0.3, 0.4) is 0 Å². The molecule has 0 aliphatic carbocycles. The molecular formula is C12H14Cl2N4S2Sn-4. The second kappa shape index (κ2) is 20.0. The van der Waals surface area contributed by atoms with Crippen molar-refractivity contribution in [1.82, 2.24) is 0 Å². The molecule has 9 heteroatoms. The third kappa shape index (κ3) is 16.2. The van der Waals surface area contributed by atoms with Crippen LogP contribution < -0.4 is 0 Å². The molecule has 0 bridgehead atoms. The van der Waals surface area contributed by atoms with Gasteiger partial charge in [-0.05, 0) is 12.3 Å². The topological polar surface area (TPSA) is 75.8 Å². The van der Waals surface area contributed by atoms with Gasteiger partial charge < -0.3 is 35.9 Å². The summed E-state index contributed by atoms with van der Waals surface area (Å²) in [5, 5.41) is 25.6. The fourth-order valence-electron chi connectivity index (χ4n) is 1.75. The molecule has 0 spiro atoms. The zero-order valence-corrected chi connectivity index (χ0v) is 17.2. The summed E-state index contributed by atoms with van der Waals surface area (Å²) in [6.07, 6.45) is 8.89.